The maximum atomic E-state index is 11.8. The Balaban J connectivity index is 1.59. The van der Waals surface area contributed by atoms with E-state index in [1.165, 1.54) is 11.8 Å². The van der Waals surface area contributed by atoms with Crippen LogP contribution >= 0.6 is 47.3 Å². The van der Waals surface area contributed by atoms with Crippen LogP contribution in [0.4, 0.5) is 0 Å². The average Bonchev–Trinajstić information content (AvgIpc) is 2.98. The van der Waals surface area contributed by atoms with Crippen molar-refractivity contribution in [1.82, 2.24) is 5.32 Å². The quantitative estimate of drug-likeness (QED) is 0.284. The van der Waals surface area contributed by atoms with Crippen molar-refractivity contribution < 1.29 is 14.3 Å². The summed E-state index contributed by atoms with van der Waals surface area (Å²) >= 11 is 13.8. The lowest BCUT2D eigenvalue weighted by Crippen LogP contribution is -2.17. The number of hydrogen-bond acceptors (Lipinski definition) is 6. The second-order valence-electron chi connectivity index (χ2n) is 5.41. The van der Waals surface area contributed by atoms with Gasteiger partial charge in [-0.25, -0.2) is 0 Å². The molecule has 0 spiro atoms. The summed E-state index contributed by atoms with van der Waals surface area (Å²) in [5, 5.41) is 3.33. The topological polar surface area (TPSA) is 47.6 Å². The standard InChI is InChI=1S/C19H16ClNO3S3/c1-23-16-10-12(11-17-18(22)21-19(25)27-17)2-7-15(16)24-8-9-26-14-5-3-13(20)4-6-14/h2-7,10-11H,8-9H2,1H3,(H,21,22,25)/b17-11-. The molecule has 1 aliphatic heterocycles. The molecule has 4 nitrogen and oxygen atoms in total. The van der Waals surface area contributed by atoms with Gasteiger partial charge in [-0.2, -0.15) is 0 Å². The molecule has 0 saturated carbocycles. The first-order valence-electron chi connectivity index (χ1n) is 7.99. The number of methoxy groups -OCH3 is 1. The summed E-state index contributed by atoms with van der Waals surface area (Å²) in [5.74, 6) is 1.90. The number of benzene rings is 2. The Labute approximate surface area is 176 Å². The molecule has 0 atom stereocenters. The third-order valence-electron chi connectivity index (χ3n) is 3.55. The minimum atomic E-state index is -0.177. The van der Waals surface area contributed by atoms with Gasteiger partial charge in [0.2, 0.25) is 0 Å². The van der Waals surface area contributed by atoms with Crippen molar-refractivity contribution in [2.45, 2.75) is 4.90 Å². The van der Waals surface area contributed by atoms with E-state index in [1.54, 1.807) is 24.9 Å². The monoisotopic (exact) mass is 437 g/mol. The molecule has 1 saturated heterocycles. The van der Waals surface area contributed by atoms with Gasteiger partial charge < -0.3 is 14.8 Å². The summed E-state index contributed by atoms with van der Waals surface area (Å²) < 4.78 is 11.7. The predicted molar refractivity (Wildman–Crippen MR) is 117 cm³/mol. The molecule has 0 aromatic heterocycles. The van der Waals surface area contributed by atoms with E-state index in [-0.39, 0.29) is 5.91 Å². The van der Waals surface area contributed by atoms with Crippen LogP contribution in [0.5, 0.6) is 11.5 Å². The zero-order valence-corrected chi connectivity index (χ0v) is 17.6. The van der Waals surface area contributed by atoms with Crippen molar-refractivity contribution >= 4 is 63.6 Å². The first-order valence-corrected chi connectivity index (χ1v) is 10.6. The molecule has 1 amide bonds. The van der Waals surface area contributed by atoms with E-state index < -0.39 is 0 Å². The molecule has 0 radical (unpaired) electrons. The minimum Gasteiger partial charge on any atom is -0.493 e. The zero-order valence-electron chi connectivity index (χ0n) is 14.4. The molecule has 1 heterocycles. The largest absolute Gasteiger partial charge is 0.493 e. The molecule has 1 fully saturated rings. The van der Waals surface area contributed by atoms with Crippen LogP contribution in [0.15, 0.2) is 52.3 Å². The van der Waals surface area contributed by atoms with Gasteiger partial charge in [-0.15, -0.1) is 11.8 Å². The molecular formula is C19H16ClNO3S3. The molecule has 0 bridgehead atoms. The number of carbonyl (C=O) groups excluding carboxylic acids is 1. The molecule has 3 rings (SSSR count). The van der Waals surface area contributed by atoms with Crippen molar-refractivity contribution in [3.8, 4) is 11.5 Å². The van der Waals surface area contributed by atoms with Crippen LogP contribution in [0.25, 0.3) is 6.08 Å². The van der Waals surface area contributed by atoms with E-state index in [4.69, 9.17) is 33.3 Å². The van der Waals surface area contributed by atoms with E-state index in [0.29, 0.717) is 27.3 Å². The van der Waals surface area contributed by atoms with Gasteiger partial charge in [-0.05, 0) is 48.0 Å². The lowest BCUT2D eigenvalue weighted by molar-refractivity contribution is -0.115. The van der Waals surface area contributed by atoms with Gasteiger partial charge in [0, 0.05) is 15.7 Å². The summed E-state index contributed by atoms with van der Waals surface area (Å²) in [7, 11) is 1.59. The smallest absolute Gasteiger partial charge is 0.263 e. The highest BCUT2D eigenvalue weighted by atomic mass is 35.5. The van der Waals surface area contributed by atoms with Gasteiger partial charge in [0.1, 0.15) is 4.32 Å². The molecule has 2 aromatic carbocycles. The van der Waals surface area contributed by atoms with Crippen LogP contribution in [0, 0.1) is 0 Å². The van der Waals surface area contributed by atoms with Gasteiger partial charge >= 0.3 is 0 Å². The van der Waals surface area contributed by atoms with Crippen LogP contribution in [0.2, 0.25) is 5.02 Å². The number of amides is 1. The number of thiocarbonyl (C=S) groups is 1. The first kappa shape index (κ1) is 20.1. The second kappa shape index (κ2) is 9.50. The first-order chi connectivity index (χ1) is 13.0. The fourth-order valence-electron chi connectivity index (χ4n) is 2.31. The van der Waals surface area contributed by atoms with Crippen LogP contribution < -0.4 is 14.8 Å². The number of halogens is 1. The van der Waals surface area contributed by atoms with Crippen LogP contribution in [-0.2, 0) is 4.79 Å². The number of rotatable bonds is 7. The predicted octanol–water partition coefficient (Wildman–Crippen LogP) is 5.01. The Morgan fingerprint density at radius 2 is 2.00 bits per heavy atom. The van der Waals surface area contributed by atoms with E-state index in [9.17, 15) is 4.79 Å². The maximum absolute atomic E-state index is 11.8. The summed E-state index contributed by atoms with van der Waals surface area (Å²) in [6.07, 6.45) is 1.78. The van der Waals surface area contributed by atoms with Gasteiger partial charge in [0.25, 0.3) is 5.91 Å². The fraction of sp³-hybridized carbons (Fsp3) is 0.158. The number of carbonyl (C=O) groups is 1. The van der Waals surface area contributed by atoms with Gasteiger partial charge in [-0.1, -0.05) is 41.6 Å². The number of nitrogens with one attached hydrogen (secondary N) is 1. The molecule has 0 unspecified atom stereocenters. The number of thioether (sulfide) groups is 2. The van der Waals surface area contributed by atoms with Crippen molar-refractivity contribution in [3.63, 3.8) is 0 Å². The molecule has 140 valence electrons. The maximum Gasteiger partial charge on any atom is 0.263 e. The second-order valence-corrected chi connectivity index (χ2v) is 8.74. The highest BCUT2D eigenvalue weighted by molar-refractivity contribution is 8.26. The Morgan fingerprint density at radius 1 is 1.22 bits per heavy atom. The SMILES string of the molecule is COc1cc(/C=C2\SC(=S)NC2=O)ccc1OCCSc1ccc(Cl)cc1. The van der Waals surface area contributed by atoms with Crippen LogP contribution in [0.1, 0.15) is 5.56 Å². The van der Waals surface area contributed by atoms with Crippen molar-refractivity contribution in [3.05, 3.63) is 58.0 Å². The van der Waals surface area contributed by atoms with Gasteiger partial charge in [-0.3, -0.25) is 4.79 Å². The Kier molecular flexibility index (Phi) is 7.07. The Bertz CT molecular complexity index is 884. The average molecular weight is 438 g/mol. The molecule has 27 heavy (non-hydrogen) atoms. The highest BCUT2D eigenvalue weighted by Crippen LogP contribution is 2.32. The van der Waals surface area contributed by atoms with Crippen molar-refractivity contribution in [2.75, 3.05) is 19.5 Å². The third-order valence-corrected chi connectivity index (χ3v) is 5.94. The van der Waals surface area contributed by atoms with Crippen molar-refractivity contribution in [1.29, 1.82) is 0 Å². The van der Waals surface area contributed by atoms with Gasteiger partial charge in [0.15, 0.2) is 11.5 Å². The Hall–Kier alpha value is -1.67. The van der Waals surface area contributed by atoms with E-state index in [2.05, 4.69) is 5.32 Å². The third kappa shape index (κ3) is 5.65. The zero-order chi connectivity index (χ0) is 19.2. The van der Waals surface area contributed by atoms with Crippen molar-refractivity contribution in [2.24, 2.45) is 0 Å². The number of ether oxygens (including phenoxy) is 2. The molecule has 1 N–H and O–H groups in total. The molecule has 0 aliphatic carbocycles. The van der Waals surface area contributed by atoms with E-state index >= 15 is 0 Å². The molecule has 8 heteroatoms. The van der Waals surface area contributed by atoms with E-state index in [0.717, 1.165) is 21.2 Å². The summed E-state index contributed by atoms with van der Waals surface area (Å²) in [6, 6.07) is 13.3. The molecule has 1 aliphatic rings. The lowest BCUT2D eigenvalue weighted by atomic mass is 10.2. The molecular weight excluding hydrogens is 422 g/mol. The highest BCUT2D eigenvalue weighted by Gasteiger charge is 2.22. The summed E-state index contributed by atoms with van der Waals surface area (Å²) in [6.45, 7) is 0.538. The fourth-order valence-corrected chi connectivity index (χ4v) is 4.21. The van der Waals surface area contributed by atoms with Crippen LogP contribution in [0.3, 0.4) is 0 Å². The molecule has 2 aromatic rings. The lowest BCUT2D eigenvalue weighted by Gasteiger charge is -2.11. The Morgan fingerprint density at radius 3 is 2.67 bits per heavy atom. The van der Waals surface area contributed by atoms with Gasteiger partial charge in [0.05, 0.1) is 18.6 Å². The summed E-state index contributed by atoms with van der Waals surface area (Å²) in [5.41, 5.74) is 0.845. The number of hydrogen-bond donors (Lipinski definition) is 1. The summed E-state index contributed by atoms with van der Waals surface area (Å²) in [4.78, 5) is 13.5. The van der Waals surface area contributed by atoms with Crippen LogP contribution in [-0.4, -0.2) is 29.7 Å². The van der Waals surface area contributed by atoms with E-state index in [1.807, 2.05) is 42.5 Å². The normalized spacial score (nSPS) is 15.1. The minimum absolute atomic E-state index is 0.177.